The largest absolute Gasteiger partial charge is 1.00 e. The van der Waals surface area contributed by atoms with Crippen LogP contribution in [0.4, 0.5) is 0 Å². The summed E-state index contributed by atoms with van der Waals surface area (Å²) >= 11 is 0. The molecule has 0 amide bonds. The molecule has 0 bridgehead atoms. The predicted molar refractivity (Wildman–Crippen MR) is 36.9 cm³/mol. The smallest absolute Gasteiger partial charge is 0.813 e. The number of thiol groups is 1. The van der Waals surface area contributed by atoms with Gasteiger partial charge in [-0.05, 0) is 26.4 Å². The number of carbonyl (C=O) groups is 1. The SMILES string of the molecule is CNCCCC(=O)[O-].[Na+].[Na+].[SH-]. The van der Waals surface area contributed by atoms with Gasteiger partial charge in [0.2, 0.25) is 0 Å². The van der Waals surface area contributed by atoms with Gasteiger partial charge in [-0.1, -0.05) is 0 Å². The van der Waals surface area contributed by atoms with Crippen LogP contribution in [-0.2, 0) is 18.3 Å². The van der Waals surface area contributed by atoms with Crippen molar-refractivity contribution in [2.24, 2.45) is 0 Å². The number of rotatable bonds is 4. The molecule has 0 saturated carbocycles. The van der Waals surface area contributed by atoms with Crippen LogP contribution in [0.1, 0.15) is 12.8 Å². The van der Waals surface area contributed by atoms with Crippen molar-refractivity contribution in [1.82, 2.24) is 5.32 Å². The number of carboxylic acids is 1. The van der Waals surface area contributed by atoms with E-state index >= 15 is 0 Å². The van der Waals surface area contributed by atoms with Crippen molar-refractivity contribution in [3.63, 3.8) is 0 Å². The molecule has 0 heterocycles. The second kappa shape index (κ2) is 17.8. The van der Waals surface area contributed by atoms with E-state index in [1.165, 1.54) is 0 Å². The zero-order valence-electron chi connectivity index (χ0n) is 7.39. The van der Waals surface area contributed by atoms with Crippen LogP contribution in [0.25, 0.3) is 0 Å². The fourth-order valence-electron chi connectivity index (χ4n) is 0.410. The third-order valence-electron chi connectivity index (χ3n) is 0.808. The number of aliphatic carboxylic acids is 1. The Morgan fingerprint density at radius 2 is 1.91 bits per heavy atom. The summed E-state index contributed by atoms with van der Waals surface area (Å²) < 4.78 is 0. The van der Waals surface area contributed by atoms with Crippen LogP contribution in [0.3, 0.4) is 0 Å². The van der Waals surface area contributed by atoms with E-state index in [1.807, 2.05) is 0 Å². The molecule has 0 aliphatic rings. The van der Waals surface area contributed by atoms with E-state index < -0.39 is 5.97 Å². The summed E-state index contributed by atoms with van der Waals surface area (Å²) in [5.74, 6) is -0.972. The Balaban J connectivity index is -0.0000000817. The Hall–Kier alpha value is 1.78. The number of hydrogen-bond donors (Lipinski definition) is 1. The van der Waals surface area contributed by atoms with Crippen LogP contribution in [0.2, 0.25) is 0 Å². The summed E-state index contributed by atoms with van der Waals surface area (Å²) in [6.45, 7) is 0.744. The molecule has 56 valence electrons. The maximum Gasteiger partial charge on any atom is 1.00 e. The molecule has 0 saturated heterocycles. The topological polar surface area (TPSA) is 52.2 Å². The number of hydrogen-bond acceptors (Lipinski definition) is 4. The summed E-state index contributed by atoms with van der Waals surface area (Å²) in [4.78, 5) is 9.74. The second-order valence-electron chi connectivity index (χ2n) is 1.58. The molecule has 0 aromatic rings. The molecule has 11 heavy (non-hydrogen) atoms. The molecule has 0 atom stereocenters. The maximum absolute atomic E-state index is 9.74. The van der Waals surface area contributed by atoms with Gasteiger partial charge in [0.15, 0.2) is 0 Å². The van der Waals surface area contributed by atoms with Crippen molar-refractivity contribution >= 4 is 19.5 Å². The van der Waals surface area contributed by atoms with Crippen LogP contribution in [0, 0.1) is 0 Å². The summed E-state index contributed by atoms with van der Waals surface area (Å²) in [6.07, 6.45) is 0.805. The monoisotopic (exact) mass is 195 g/mol. The molecule has 3 nitrogen and oxygen atoms in total. The first-order valence-corrected chi connectivity index (χ1v) is 2.62. The summed E-state index contributed by atoms with van der Waals surface area (Å²) in [7, 11) is 1.79. The zero-order valence-corrected chi connectivity index (χ0v) is 12.3. The van der Waals surface area contributed by atoms with Crippen molar-refractivity contribution in [1.29, 1.82) is 0 Å². The van der Waals surface area contributed by atoms with Gasteiger partial charge in [-0.15, -0.1) is 0 Å². The van der Waals surface area contributed by atoms with Crippen molar-refractivity contribution < 1.29 is 69.0 Å². The van der Waals surface area contributed by atoms with Gasteiger partial charge < -0.3 is 28.7 Å². The van der Waals surface area contributed by atoms with Crippen LogP contribution >= 0.6 is 0 Å². The Morgan fingerprint density at radius 3 is 2.18 bits per heavy atom. The van der Waals surface area contributed by atoms with Gasteiger partial charge in [0, 0.05) is 5.97 Å². The first-order chi connectivity index (χ1) is 3.77. The molecule has 6 heteroatoms. The van der Waals surface area contributed by atoms with Crippen molar-refractivity contribution in [2.75, 3.05) is 13.6 Å². The first kappa shape index (κ1) is 23.0. The Bertz CT molecular complexity index is 84.9. The van der Waals surface area contributed by atoms with Crippen molar-refractivity contribution in [2.45, 2.75) is 12.8 Å². The minimum atomic E-state index is -0.972. The van der Waals surface area contributed by atoms with Gasteiger partial charge in [0.25, 0.3) is 0 Å². The van der Waals surface area contributed by atoms with Crippen LogP contribution < -0.4 is 69.5 Å². The minimum Gasteiger partial charge on any atom is -0.813 e. The average molecular weight is 195 g/mol. The molecular weight excluding hydrogens is 184 g/mol. The minimum absolute atomic E-state index is 0. The molecule has 0 fully saturated rings. The molecule has 0 radical (unpaired) electrons. The molecule has 0 spiro atoms. The molecule has 1 N–H and O–H groups in total. The first-order valence-electron chi connectivity index (χ1n) is 2.62. The van der Waals surface area contributed by atoms with Gasteiger partial charge in [0.1, 0.15) is 0 Å². The summed E-state index contributed by atoms with van der Waals surface area (Å²) in [5.41, 5.74) is 0. The van der Waals surface area contributed by atoms with Crippen LogP contribution in [0.15, 0.2) is 0 Å². The predicted octanol–water partition coefficient (Wildman–Crippen LogP) is -7.53. The van der Waals surface area contributed by atoms with Gasteiger partial charge in [-0.25, -0.2) is 0 Å². The number of carboxylic acid groups (broad SMARTS) is 1. The quantitative estimate of drug-likeness (QED) is 0.209. The van der Waals surface area contributed by atoms with Gasteiger partial charge in [0.05, 0.1) is 0 Å². The van der Waals surface area contributed by atoms with Crippen molar-refractivity contribution in [3.05, 3.63) is 0 Å². The van der Waals surface area contributed by atoms with Crippen LogP contribution in [0.5, 0.6) is 0 Å². The number of carbonyl (C=O) groups excluding carboxylic acids is 1. The molecule has 0 rings (SSSR count). The molecule has 0 aliphatic carbocycles. The van der Waals surface area contributed by atoms with Gasteiger partial charge >= 0.3 is 59.1 Å². The summed E-state index contributed by atoms with van der Waals surface area (Å²) in [6, 6.07) is 0. The third-order valence-corrected chi connectivity index (χ3v) is 0.808. The standard InChI is InChI=1S/C5H11NO2.2Na.H2S/c1-6-4-2-3-5(7)8;;;/h6H,2-4H2,1H3,(H,7,8);;;1H2/q;2*+1;/p-2. The molecule has 0 aromatic carbocycles. The van der Waals surface area contributed by atoms with E-state index in [-0.39, 0.29) is 79.0 Å². The average Bonchev–Trinajstić information content (AvgIpc) is 1.66. The maximum atomic E-state index is 9.74. The van der Waals surface area contributed by atoms with E-state index in [0.717, 1.165) is 6.54 Å². The van der Waals surface area contributed by atoms with Gasteiger partial charge in [-0.3, -0.25) is 0 Å². The van der Waals surface area contributed by atoms with E-state index in [9.17, 15) is 9.90 Å². The van der Waals surface area contributed by atoms with Gasteiger partial charge in [-0.2, -0.15) is 0 Å². The Kier molecular flexibility index (Phi) is 37.1. The van der Waals surface area contributed by atoms with E-state index in [4.69, 9.17) is 0 Å². The fourth-order valence-corrected chi connectivity index (χ4v) is 0.410. The van der Waals surface area contributed by atoms with E-state index in [1.54, 1.807) is 7.05 Å². The van der Waals surface area contributed by atoms with Crippen molar-refractivity contribution in [3.8, 4) is 0 Å². The molecular formula is C5H11NNa2O2S. The molecule has 0 aromatic heterocycles. The third kappa shape index (κ3) is 24.5. The second-order valence-corrected chi connectivity index (χ2v) is 1.58. The Morgan fingerprint density at radius 1 is 1.45 bits per heavy atom. The Labute approximate surface area is 119 Å². The molecule has 0 unspecified atom stereocenters. The van der Waals surface area contributed by atoms with E-state index in [0.29, 0.717) is 6.42 Å². The molecule has 0 aliphatic heterocycles. The zero-order chi connectivity index (χ0) is 6.41. The summed E-state index contributed by atoms with van der Waals surface area (Å²) in [5, 5.41) is 12.6. The normalized spacial score (nSPS) is 6.64. The number of nitrogens with one attached hydrogen (secondary N) is 1. The van der Waals surface area contributed by atoms with Crippen LogP contribution in [-0.4, -0.2) is 19.6 Å². The fraction of sp³-hybridized carbons (Fsp3) is 0.800. The van der Waals surface area contributed by atoms with E-state index in [2.05, 4.69) is 5.32 Å².